The molecule has 0 aromatic carbocycles. The molecular formula is C16H13F3N4O2. The highest BCUT2D eigenvalue weighted by atomic mass is 19.4. The average molecular weight is 350 g/mol. The van der Waals surface area contributed by atoms with E-state index in [9.17, 15) is 18.0 Å². The summed E-state index contributed by atoms with van der Waals surface area (Å²) in [6, 6.07) is 4.94. The smallest absolute Gasteiger partial charge is 0.416 e. The minimum absolute atomic E-state index is 0.0185. The van der Waals surface area contributed by atoms with Crippen LogP contribution in [0.4, 0.5) is 19.1 Å². The molecule has 1 N–H and O–H groups in total. The summed E-state index contributed by atoms with van der Waals surface area (Å²) in [6.45, 7) is 0. The summed E-state index contributed by atoms with van der Waals surface area (Å²) in [5.74, 6) is 0.248. The molecule has 0 saturated heterocycles. The van der Waals surface area contributed by atoms with E-state index >= 15 is 0 Å². The standard InChI is InChI=1S/C16H13F3N4O2/c1-20-15-22-13(24)12(10-4-3-6-21-14(10)25-2)11-8-9(16(17,18)19)5-7-23(11)15/h3-8H,1-2H3,(H,20,22,24). The molecule has 0 atom stereocenters. The van der Waals surface area contributed by atoms with Crippen LogP contribution in [0.15, 0.2) is 41.5 Å². The molecule has 0 aliphatic carbocycles. The summed E-state index contributed by atoms with van der Waals surface area (Å²) in [7, 11) is 2.89. The SMILES string of the molecule is CNc1nc(=O)c(-c2cccnc2OC)c2cc(C(F)(F)F)ccn12. The Hall–Kier alpha value is -3.10. The van der Waals surface area contributed by atoms with Gasteiger partial charge in [-0.3, -0.25) is 9.20 Å². The average Bonchev–Trinajstić information content (AvgIpc) is 2.59. The number of alkyl halides is 3. The van der Waals surface area contributed by atoms with E-state index < -0.39 is 17.3 Å². The van der Waals surface area contributed by atoms with Gasteiger partial charge in [-0.25, -0.2) is 4.98 Å². The van der Waals surface area contributed by atoms with E-state index in [0.29, 0.717) is 0 Å². The van der Waals surface area contributed by atoms with Crippen LogP contribution in [0.5, 0.6) is 5.88 Å². The van der Waals surface area contributed by atoms with Gasteiger partial charge in [0.05, 0.1) is 29.3 Å². The van der Waals surface area contributed by atoms with Crippen LogP contribution in [0.2, 0.25) is 0 Å². The number of fused-ring (bicyclic) bond motifs is 1. The van der Waals surface area contributed by atoms with E-state index in [1.165, 1.54) is 31.0 Å². The van der Waals surface area contributed by atoms with Gasteiger partial charge >= 0.3 is 6.18 Å². The molecule has 3 aromatic heterocycles. The van der Waals surface area contributed by atoms with Crippen molar-refractivity contribution < 1.29 is 17.9 Å². The molecule has 0 aliphatic rings. The first-order valence-electron chi connectivity index (χ1n) is 7.17. The van der Waals surface area contributed by atoms with E-state index in [2.05, 4.69) is 15.3 Å². The summed E-state index contributed by atoms with van der Waals surface area (Å²) in [4.78, 5) is 20.4. The monoisotopic (exact) mass is 350 g/mol. The molecule has 0 saturated carbocycles. The van der Waals surface area contributed by atoms with Crippen molar-refractivity contribution in [2.75, 3.05) is 19.5 Å². The molecule has 3 aromatic rings. The Morgan fingerprint density at radius 1 is 1.28 bits per heavy atom. The number of aromatic nitrogens is 3. The van der Waals surface area contributed by atoms with Crippen LogP contribution in [0.25, 0.3) is 16.6 Å². The van der Waals surface area contributed by atoms with Crippen molar-refractivity contribution in [2.45, 2.75) is 6.18 Å². The number of ether oxygens (including phenoxy) is 1. The summed E-state index contributed by atoms with van der Waals surface area (Å²) in [6.07, 6.45) is -1.88. The van der Waals surface area contributed by atoms with Crippen LogP contribution in [-0.4, -0.2) is 28.5 Å². The molecule has 25 heavy (non-hydrogen) atoms. The molecule has 0 unspecified atom stereocenters. The topological polar surface area (TPSA) is 68.5 Å². The number of methoxy groups -OCH3 is 1. The number of anilines is 1. The molecule has 0 aliphatic heterocycles. The van der Waals surface area contributed by atoms with Gasteiger partial charge in [0.15, 0.2) is 0 Å². The molecule has 0 bridgehead atoms. The fraction of sp³-hybridized carbons (Fsp3) is 0.188. The molecule has 9 heteroatoms. The zero-order valence-corrected chi connectivity index (χ0v) is 13.3. The van der Waals surface area contributed by atoms with Gasteiger partial charge in [-0.1, -0.05) is 0 Å². The van der Waals surface area contributed by atoms with Gasteiger partial charge in [0.25, 0.3) is 5.56 Å². The lowest BCUT2D eigenvalue weighted by Crippen LogP contribution is -2.18. The van der Waals surface area contributed by atoms with E-state index in [1.54, 1.807) is 12.1 Å². The van der Waals surface area contributed by atoms with E-state index in [0.717, 1.165) is 12.1 Å². The highest BCUT2D eigenvalue weighted by Gasteiger charge is 2.31. The molecule has 130 valence electrons. The molecule has 6 nitrogen and oxygen atoms in total. The second-order valence-electron chi connectivity index (χ2n) is 5.09. The summed E-state index contributed by atoms with van der Waals surface area (Å²) in [5, 5.41) is 2.70. The molecule has 3 heterocycles. The number of nitrogens with zero attached hydrogens (tertiary/aromatic N) is 3. The molecule has 0 fully saturated rings. The Morgan fingerprint density at radius 3 is 2.68 bits per heavy atom. The Bertz CT molecular complexity index is 999. The van der Waals surface area contributed by atoms with Crippen molar-refractivity contribution in [1.82, 2.24) is 14.4 Å². The van der Waals surface area contributed by atoms with Crippen molar-refractivity contribution in [3.05, 3.63) is 52.6 Å². The van der Waals surface area contributed by atoms with E-state index in [-0.39, 0.29) is 28.5 Å². The van der Waals surface area contributed by atoms with Gasteiger partial charge in [-0.15, -0.1) is 0 Å². The van der Waals surface area contributed by atoms with Gasteiger partial charge in [0.1, 0.15) is 0 Å². The second kappa shape index (κ2) is 6.08. The Labute approximate surface area is 139 Å². The normalized spacial score (nSPS) is 11.6. The fourth-order valence-electron chi connectivity index (χ4n) is 2.54. The predicted molar refractivity (Wildman–Crippen MR) is 85.8 cm³/mol. The summed E-state index contributed by atoms with van der Waals surface area (Å²) >= 11 is 0. The molecular weight excluding hydrogens is 337 g/mol. The maximum absolute atomic E-state index is 13.1. The fourth-order valence-corrected chi connectivity index (χ4v) is 2.54. The van der Waals surface area contributed by atoms with Gasteiger partial charge < -0.3 is 10.1 Å². The third-order valence-electron chi connectivity index (χ3n) is 3.65. The van der Waals surface area contributed by atoms with E-state index in [4.69, 9.17) is 4.74 Å². The largest absolute Gasteiger partial charge is 0.481 e. The maximum Gasteiger partial charge on any atom is 0.416 e. The van der Waals surface area contributed by atoms with E-state index in [1.807, 2.05) is 0 Å². The molecule has 0 amide bonds. The Kier molecular flexibility index (Phi) is 4.07. The van der Waals surface area contributed by atoms with Gasteiger partial charge in [0.2, 0.25) is 11.8 Å². The number of pyridine rings is 2. The van der Waals surface area contributed by atoms with Crippen LogP contribution in [0.3, 0.4) is 0 Å². The first kappa shape index (κ1) is 16.7. The quantitative estimate of drug-likeness (QED) is 0.787. The lowest BCUT2D eigenvalue weighted by molar-refractivity contribution is -0.137. The minimum atomic E-state index is -4.54. The highest BCUT2D eigenvalue weighted by molar-refractivity contribution is 5.83. The zero-order valence-electron chi connectivity index (χ0n) is 13.3. The number of nitrogens with one attached hydrogen (secondary N) is 1. The van der Waals surface area contributed by atoms with Crippen molar-refractivity contribution in [2.24, 2.45) is 0 Å². The van der Waals surface area contributed by atoms with Crippen molar-refractivity contribution >= 4 is 11.5 Å². The van der Waals surface area contributed by atoms with Crippen molar-refractivity contribution in [1.29, 1.82) is 0 Å². The number of halogens is 3. The first-order valence-corrected chi connectivity index (χ1v) is 7.17. The Balaban J connectivity index is 2.45. The van der Waals surface area contributed by atoms with Crippen molar-refractivity contribution in [3.63, 3.8) is 0 Å². The third kappa shape index (κ3) is 2.88. The first-order chi connectivity index (χ1) is 11.9. The van der Waals surface area contributed by atoms with Crippen LogP contribution >= 0.6 is 0 Å². The summed E-state index contributed by atoms with van der Waals surface area (Å²) in [5.41, 5.74) is -1.26. The minimum Gasteiger partial charge on any atom is -0.481 e. The lowest BCUT2D eigenvalue weighted by atomic mass is 10.1. The number of hydrogen-bond acceptors (Lipinski definition) is 5. The van der Waals surface area contributed by atoms with Crippen molar-refractivity contribution in [3.8, 4) is 17.0 Å². The van der Waals surface area contributed by atoms with Crippen LogP contribution < -0.4 is 15.6 Å². The maximum atomic E-state index is 13.1. The van der Waals surface area contributed by atoms with Gasteiger partial charge in [0, 0.05) is 19.4 Å². The molecule has 0 radical (unpaired) electrons. The Morgan fingerprint density at radius 2 is 2.04 bits per heavy atom. The highest BCUT2D eigenvalue weighted by Crippen LogP contribution is 2.34. The van der Waals surface area contributed by atoms with Gasteiger partial charge in [-0.2, -0.15) is 18.2 Å². The number of hydrogen-bond donors (Lipinski definition) is 1. The van der Waals surface area contributed by atoms with Crippen LogP contribution in [0.1, 0.15) is 5.56 Å². The van der Waals surface area contributed by atoms with Gasteiger partial charge in [-0.05, 0) is 24.3 Å². The molecule has 3 rings (SSSR count). The molecule has 0 spiro atoms. The zero-order chi connectivity index (χ0) is 18.2. The number of rotatable bonds is 3. The van der Waals surface area contributed by atoms with Crippen LogP contribution in [-0.2, 0) is 6.18 Å². The second-order valence-corrected chi connectivity index (χ2v) is 5.09. The van der Waals surface area contributed by atoms with Crippen LogP contribution in [0, 0.1) is 0 Å². The predicted octanol–water partition coefficient (Wildman–Crippen LogP) is 2.83. The lowest BCUT2D eigenvalue weighted by Gasteiger charge is -2.15. The summed E-state index contributed by atoms with van der Waals surface area (Å²) < 4.78 is 45.9. The third-order valence-corrected chi connectivity index (χ3v) is 3.65.